The summed E-state index contributed by atoms with van der Waals surface area (Å²) in [6.07, 6.45) is 0.525. The average Bonchev–Trinajstić information content (AvgIpc) is 2.31. The summed E-state index contributed by atoms with van der Waals surface area (Å²) < 4.78 is 11.6. The number of benzene rings is 1. The molecule has 0 N–H and O–H groups in total. The molecule has 0 fully saturated rings. The Morgan fingerprint density at radius 1 is 1.29 bits per heavy atom. The van der Waals surface area contributed by atoms with Crippen LogP contribution in [-0.4, -0.2) is 25.0 Å². The zero-order chi connectivity index (χ0) is 13.0. The summed E-state index contributed by atoms with van der Waals surface area (Å²) in [5, 5.41) is 0. The maximum atomic E-state index is 11.3. The minimum absolute atomic E-state index is 0.293. The number of hydrogen-bond donors (Lipinski definition) is 0. The lowest BCUT2D eigenvalue weighted by Gasteiger charge is -2.12. The summed E-state index contributed by atoms with van der Waals surface area (Å²) in [5.41, 5.74) is 0.970. The lowest BCUT2D eigenvalue weighted by Crippen LogP contribution is -2.18. The summed E-state index contributed by atoms with van der Waals surface area (Å²) in [6, 6.07) is 3.77. The number of hydrogen-bond acceptors (Lipinski definition) is 3. The quantitative estimate of drug-likeness (QED) is 0.539. The Hall–Kier alpha value is -0.0700. The van der Waals surface area contributed by atoms with Crippen molar-refractivity contribution in [1.82, 2.24) is 0 Å². The maximum absolute atomic E-state index is 11.3. The molecule has 0 saturated carbocycles. The Balaban J connectivity index is 2.94. The zero-order valence-electron chi connectivity index (χ0n) is 9.30. The number of methoxy groups -OCH3 is 2. The van der Waals surface area contributed by atoms with Crippen LogP contribution in [0.3, 0.4) is 0 Å². The minimum Gasteiger partial charge on any atom is -0.496 e. The molecule has 0 radical (unpaired) electrons. The van der Waals surface area contributed by atoms with Crippen LogP contribution in [0.25, 0.3) is 0 Å². The summed E-state index contributed by atoms with van der Waals surface area (Å²) in [4.78, 5) is 11.0. The van der Waals surface area contributed by atoms with Crippen molar-refractivity contribution in [2.24, 2.45) is 0 Å². The molecule has 1 rings (SSSR count). The van der Waals surface area contributed by atoms with Crippen LogP contribution in [0.2, 0.25) is 0 Å². The van der Waals surface area contributed by atoms with E-state index in [0.29, 0.717) is 6.42 Å². The summed E-state index contributed by atoms with van der Waals surface area (Å²) in [7, 11) is 2.97. The smallest absolute Gasteiger partial charge is 0.319 e. The molecule has 94 valence electrons. The van der Waals surface area contributed by atoms with Gasteiger partial charge in [0.05, 0.1) is 18.7 Å². The molecule has 0 saturated heterocycles. The van der Waals surface area contributed by atoms with Crippen LogP contribution in [0.4, 0.5) is 0 Å². The van der Waals surface area contributed by atoms with Crippen LogP contribution < -0.4 is 4.74 Å². The van der Waals surface area contributed by atoms with E-state index in [1.807, 2.05) is 12.1 Å². The van der Waals surface area contributed by atoms with Crippen LogP contribution in [-0.2, 0) is 16.0 Å². The van der Waals surface area contributed by atoms with Gasteiger partial charge in [0.2, 0.25) is 0 Å². The van der Waals surface area contributed by atoms with Crippen molar-refractivity contribution in [3.05, 3.63) is 26.6 Å². The highest BCUT2D eigenvalue weighted by Gasteiger charge is 2.18. The number of rotatable bonds is 4. The first kappa shape index (κ1) is 15.0. The van der Waals surface area contributed by atoms with Crippen molar-refractivity contribution < 1.29 is 14.3 Å². The van der Waals surface area contributed by atoms with E-state index >= 15 is 0 Å². The van der Waals surface area contributed by atoms with Gasteiger partial charge >= 0.3 is 5.97 Å². The van der Waals surface area contributed by atoms with E-state index in [0.717, 1.165) is 20.3 Å². The van der Waals surface area contributed by atoms with Crippen molar-refractivity contribution in [2.45, 2.75) is 11.2 Å². The Kier molecular flexibility index (Phi) is 5.95. The van der Waals surface area contributed by atoms with Gasteiger partial charge in [0.15, 0.2) is 0 Å². The maximum Gasteiger partial charge on any atom is 0.319 e. The van der Waals surface area contributed by atoms with Crippen molar-refractivity contribution in [3.8, 4) is 5.75 Å². The molecule has 1 aromatic rings. The molecular formula is C11H11Br3O3. The standard InChI is InChI=1S/C11H11Br3O3/c1-16-10-4-6(7(12)5-8(10)13)3-9(14)11(15)17-2/h4-5,9H,3H2,1-2H3. The number of carbonyl (C=O) groups excluding carboxylic acids is 1. The first-order chi connectivity index (χ1) is 7.99. The molecule has 1 atom stereocenters. The molecule has 1 aromatic carbocycles. The van der Waals surface area contributed by atoms with Crippen LogP contribution in [0.1, 0.15) is 5.56 Å². The third kappa shape index (κ3) is 3.96. The number of esters is 1. The fraction of sp³-hybridized carbons (Fsp3) is 0.364. The van der Waals surface area contributed by atoms with Gasteiger partial charge in [0.25, 0.3) is 0 Å². The highest BCUT2D eigenvalue weighted by molar-refractivity contribution is 9.11. The zero-order valence-corrected chi connectivity index (χ0v) is 14.1. The monoisotopic (exact) mass is 428 g/mol. The fourth-order valence-electron chi connectivity index (χ4n) is 1.29. The predicted molar refractivity (Wildman–Crippen MR) is 76.8 cm³/mol. The Morgan fingerprint density at radius 2 is 1.94 bits per heavy atom. The van der Waals surface area contributed by atoms with E-state index in [9.17, 15) is 4.79 Å². The third-order valence-electron chi connectivity index (χ3n) is 2.18. The second-order valence-electron chi connectivity index (χ2n) is 3.27. The van der Waals surface area contributed by atoms with Gasteiger partial charge in [-0.2, -0.15) is 0 Å². The molecule has 0 amide bonds. The molecule has 6 heteroatoms. The Bertz CT molecular complexity index is 421. The van der Waals surface area contributed by atoms with E-state index in [2.05, 4.69) is 52.5 Å². The van der Waals surface area contributed by atoms with Crippen molar-refractivity contribution >= 4 is 53.8 Å². The predicted octanol–water partition coefficient (Wildman–Crippen LogP) is 3.70. The first-order valence-corrected chi connectivity index (χ1v) is 7.23. The second-order valence-corrected chi connectivity index (χ2v) is 6.09. The molecule has 0 aromatic heterocycles. The largest absolute Gasteiger partial charge is 0.496 e. The van der Waals surface area contributed by atoms with Gasteiger partial charge in [-0.05, 0) is 40.0 Å². The third-order valence-corrected chi connectivity index (χ3v) is 4.23. The highest BCUT2D eigenvalue weighted by atomic mass is 79.9. The molecule has 0 aliphatic heterocycles. The molecule has 0 heterocycles. The van der Waals surface area contributed by atoms with Gasteiger partial charge in [-0.1, -0.05) is 31.9 Å². The van der Waals surface area contributed by atoms with E-state index in [1.165, 1.54) is 7.11 Å². The summed E-state index contributed by atoms with van der Waals surface area (Å²) >= 11 is 10.1. The molecule has 3 nitrogen and oxygen atoms in total. The number of ether oxygens (including phenoxy) is 2. The molecule has 17 heavy (non-hydrogen) atoms. The van der Waals surface area contributed by atoms with Crippen LogP contribution >= 0.6 is 47.8 Å². The van der Waals surface area contributed by atoms with Gasteiger partial charge in [-0.3, -0.25) is 4.79 Å². The normalized spacial score (nSPS) is 12.1. The van der Waals surface area contributed by atoms with Crippen molar-refractivity contribution in [1.29, 1.82) is 0 Å². The van der Waals surface area contributed by atoms with Gasteiger partial charge < -0.3 is 9.47 Å². The fourth-order valence-corrected chi connectivity index (χ4v) is 3.14. The molecule has 1 unspecified atom stereocenters. The van der Waals surface area contributed by atoms with Crippen LogP contribution in [0.5, 0.6) is 5.75 Å². The number of alkyl halides is 1. The summed E-state index contributed by atoms with van der Waals surface area (Å²) in [6.45, 7) is 0. The average molecular weight is 431 g/mol. The highest BCUT2D eigenvalue weighted by Crippen LogP contribution is 2.32. The van der Waals surface area contributed by atoms with Crippen molar-refractivity contribution in [2.75, 3.05) is 14.2 Å². The second kappa shape index (κ2) is 6.75. The van der Waals surface area contributed by atoms with E-state index in [4.69, 9.17) is 4.74 Å². The Morgan fingerprint density at radius 3 is 2.47 bits per heavy atom. The van der Waals surface area contributed by atoms with Crippen LogP contribution in [0.15, 0.2) is 21.1 Å². The minimum atomic E-state index is -0.366. The van der Waals surface area contributed by atoms with E-state index in [-0.39, 0.29) is 10.8 Å². The lowest BCUT2D eigenvalue weighted by molar-refractivity contribution is -0.139. The molecule has 0 bridgehead atoms. The van der Waals surface area contributed by atoms with E-state index in [1.54, 1.807) is 7.11 Å². The van der Waals surface area contributed by atoms with Gasteiger partial charge in [0.1, 0.15) is 10.6 Å². The van der Waals surface area contributed by atoms with Crippen LogP contribution in [0, 0.1) is 0 Å². The molecule has 0 spiro atoms. The van der Waals surface area contributed by atoms with Gasteiger partial charge in [0, 0.05) is 4.47 Å². The molecule has 0 aliphatic rings. The lowest BCUT2D eigenvalue weighted by atomic mass is 10.1. The van der Waals surface area contributed by atoms with Crippen molar-refractivity contribution in [3.63, 3.8) is 0 Å². The number of carbonyl (C=O) groups is 1. The van der Waals surface area contributed by atoms with E-state index < -0.39 is 0 Å². The number of halogens is 3. The molecule has 0 aliphatic carbocycles. The summed E-state index contributed by atoms with van der Waals surface area (Å²) in [5.74, 6) is 0.437. The molecular weight excluding hydrogens is 420 g/mol. The SMILES string of the molecule is COC(=O)C(Br)Cc1cc(OC)c(Br)cc1Br. The first-order valence-electron chi connectivity index (χ1n) is 4.73. The van der Waals surface area contributed by atoms with Gasteiger partial charge in [-0.25, -0.2) is 0 Å². The van der Waals surface area contributed by atoms with Gasteiger partial charge in [-0.15, -0.1) is 0 Å². The Labute approximate surface area is 125 Å². The topological polar surface area (TPSA) is 35.5 Å².